The average Bonchev–Trinajstić information content (AvgIpc) is 2.00. The first-order valence-electron chi connectivity index (χ1n) is 5.33. The van der Waals surface area contributed by atoms with E-state index in [1.165, 1.54) is 44.9 Å². The van der Waals surface area contributed by atoms with Gasteiger partial charge in [-0.3, -0.25) is 0 Å². The van der Waals surface area contributed by atoms with E-state index < -0.39 is 0 Å². The molecule has 0 N–H and O–H groups in total. The Bertz CT molecular complexity index is 33.3. The number of hydrogen-bond acceptors (Lipinski definition) is 0. The van der Waals surface area contributed by atoms with Crippen molar-refractivity contribution in [2.45, 2.75) is 80.1 Å². The van der Waals surface area contributed by atoms with E-state index in [1.54, 1.807) is 0 Å². The second-order valence-electron chi connectivity index (χ2n) is 3.12. The van der Waals surface area contributed by atoms with Crippen molar-refractivity contribution in [2.24, 2.45) is 0 Å². The van der Waals surface area contributed by atoms with Crippen LogP contribution < -0.4 is 0 Å². The summed E-state index contributed by atoms with van der Waals surface area (Å²) in [6.45, 7) is 8.76. The lowest BCUT2D eigenvalue weighted by atomic mass is 10.1. The van der Waals surface area contributed by atoms with Gasteiger partial charge in [0.1, 0.15) is 0 Å². The number of unbranched alkanes of at least 4 members (excludes halogenated alkanes) is 5. The van der Waals surface area contributed by atoms with Crippen LogP contribution in [0.4, 0.5) is 0 Å². The molecule has 0 aromatic carbocycles. The molecule has 0 amide bonds. The normalized spacial score (nSPS) is 8.00. The van der Waals surface area contributed by atoms with Crippen molar-refractivity contribution in [1.82, 2.24) is 0 Å². The second-order valence-corrected chi connectivity index (χ2v) is 3.12. The molecule has 0 nitrogen and oxygen atoms in total. The summed E-state index contributed by atoms with van der Waals surface area (Å²) in [5.74, 6) is 0. The van der Waals surface area contributed by atoms with E-state index in [9.17, 15) is 0 Å². The first kappa shape index (κ1) is 17.9. The molecule has 0 aliphatic rings. The van der Waals surface area contributed by atoms with E-state index in [0.717, 1.165) is 0 Å². The molecule has 0 heterocycles. The minimum atomic E-state index is 0. The monoisotopic (exact) mass is 174 g/mol. The van der Waals surface area contributed by atoms with Crippen molar-refractivity contribution in [1.29, 1.82) is 0 Å². The smallest absolute Gasteiger partial charge is 0.0533 e. The quantitative estimate of drug-likeness (QED) is 0.488. The Balaban J connectivity index is -0.000000177. The van der Waals surface area contributed by atoms with Crippen LogP contribution in [0, 0.1) is 0 Å². The molecule has 78 valence electrons. The molecule has 0 aliphatic carbocycles. The van der Waals surface area contributed by atoms with Crippen molar-refractivity contribution in [3.63, 3.8) is 0 Å². The Labute approximate surface area is 80.8 Å². The minimum absolute atomic E-state index is 0. The summed E-state index contributed by atoms with van der Waals surface area (Å²) >= 11 is 0. The topological polar surface area (TPSA) is 0 Å². The van der Waals surface area contributed by atoms with Gasteiger partial charge in [0.25, 0.3) is 0 Å². The van der Waals surface area contributed by atoms with Crippen LogP contribution in [-0.2, 0) is 0 Å². The third-order valence-corrected chi connectivity index (χ3v) is 1.46. The van der Waals surface area contributed by atoms with E-state index in [2.05, 4.69) is 27.7 Å². The summed E-state index contributed by atoms with van der Waals surface area (Å²) in [7, 11) is 0. The van der Waals surface area contributed by atoms with E-state index in [1.807, 2.05) is 0 Å². The van der Waals surface area contributed by atoms with Gasteiger partial charge in [0.05, 0.1) is 0 Å². The Morgan fingerprint density at radius 1 is 0.583 bits per heavy atom. The summed E-state index contributed by atoms with van der Waals surface area (Å²) < 4.78 is 0. The fraction of sp³-hybridized carbons (Fsp3) is 1.00. The molecule has 0 spiro atoms. The van der Waals surface area contributed by atoms with Gasteiger partial charge in [-0.25, -0.2) is 0 Å². The molecule has 0 aliphatic heterocycles. The number of rotatable bonds is 5. The first-order chi connectivity index (χ1) is 5.33. The molecule has 0 saturated heterocycles. The summed E-state index contributed by atoms with van der Waals surface area (Å²) in [5.41, 5.74) is 0. The van der Waals surface area contributed by atoms with E-state index in [0.29, 0.717) is 0 Å². The van der Waals surface area contributed by atoms with Crippen LogP contribution in [0.1, 0.15) is 80.1 Å². The van der Waals surface area contributed by atoms with Crippen LogP contribution in [0.2, 0.25) is 0 Å². The second kappa shape index (κ2) is 22.4. The lowest BCUT2D eigenvalue weighted by Gasteiger charge is -1.93. The zero-order valence-corrected chi connectivity index (χ0v) is 8.95. The lowest BCUT2D eigenvalue weighted by molar-refractivity contribution is 0.624. The molecule has 0 radical (unpaired) electrons. The van der Waals surface area contributed by atoms with E-state index in [-0.39, 0.29) is 7.43 Å². The predicted octanol–water partition coefficient (Wildman–Crippen LogP) is 5.42. The van der Waals surface area contributed by atoms with Crippen molar-refractivity contribution in [2.75, 3.05) is 0 Å². The van der Waals surface area contributed by atoms with Crippen LogP contribution in [0.5, 0.6) is 0 Å². The van der Waals surface area contributed by atoms with Crippen LogP contribution >= 0.6 is 0 Å². The fourth-order valence-corrected chi connectivity index (χ4v) is 0.854. The molecular formula is C12H30. The standard InChI is InChI=1S/C8H18.C3H8.CH4/c1-3-5-7-8-6-4-2;1-3-2;/h3-8H2,1-2H3;3H2,1-2H3;1H4. The van der Waals surface area contributed by atoms with Gasteiger partial charge < -0.3 is 0 Å². The Morgan fingerprint density at radius 2 is 0.833 bits per heavy atom. The minimum Gasteiger partial charge on any atom is -0.0776 e. The summed E-state index contributed by atoms with van der Waals surface area (Å²) in [6.07, 6.45) is 9.74. The maximum Gasteiger partial charge on any atom is -0.0533 e. The third kappa shape index (κ3) is 32.4. The van der Waals surface area contributed by atoms with Crippen LogP contribution in [-0.4, -0.2) is 0 Å². The summed E-state index contributed by atoms with van der Waals surface area (Å²) in [4.78, 5) is 0. The molecule has 0 heteroatoms. The van der Waals surface area contributed by atoms with Gasteiger partial charge in [-0.2, -0.15) is 0 Å². The maximum absolute atomic E-state index is 2.26. The van der Waals surface area contributed by atoms with Crippen LogP contribution in [0.3, 0.4) is 0 Å². The highest BCUT2D eigenvalue weighted by Gasteiger charge is 1.83. The van der Waals surface area contributed by atoms with Gasteiger partial charge in [0.2, 0.25) is 0 Å². The van der Waals surface area contributed by atoms with Gasteiger partial charge in [-0.1, -0.05) is 80.1 Å². The summed E-state index contributed by atoms with van der Waals surface area (Å²) in [5, 5.41) is 0. The van der Waals surface area contributed by atoms with Crippen molar-refractivity contribution in [3.8, 4) is 0 Å². The molecule has 0 atom stereocenters. The summed E-state index contributed by atoms with van der Waals surface area (Å²) in [6, 6.07) is 0. The van der Waals surface area contributed by atoms with Gasteiger partial charge in [0.15, 0.2) is 0 Å². The Hall–Kier alpha value is 0. The number of hydrogen-bond donors (Lipinski definition) is 0. The van der Waals surface area contributed by atoms with Gasteiger partial charge in [0, 0.05) is 0 Å². The zero-order valence-electron chi connectivity index (χ0n) is 8.95. The molecule has 0 saturated carbocycles. The molecule has 0 bridgehead atoms. The highest BCUT2D eigenvalue weighted by molar-refractivity contribution is 4.39. The van der Waals surface area contributed by atoms with Gasteiger partial charge in [-0.05, 0) is 0 Å². The zero-order chi connectivity index (χ0) is 8.95. The third-order valence-electron chi connectivity index (χ3n) is 1.46. The predicted molar refractivity (Wildman–Crippen MR) is 61.7 cm³/mol. The molecule has 0 unspecified atom stereocenters. The lowest BCUT2D eigenvalue weighted by Crippen LogP contribution is -1.73. The van der Waals surface area contributed by atoms with Crippen molar-refractivity contribution < 1.29 is 0 Å². The maximum atomic E-state index is 2.26. The van der Waals surface area contributed by atoms with Crippen LogP contribution in [0.15, 0.2) is 0 Å². The Morgan fingerprint density at radius 3 is 1.00 bits per heavy atom. The largest absolute Gasteiger partial charge is 0.0776 e. The molecule has 12 heavy (non-hydrogen) atoms. The highest BCUT2D eigenvalue weighted by atomic mass is 13.9. The van der Waals surface area contributed by atoms with Gasteiger partial charge >= 0.3 is 0 Å². The molecule has 0 rings (SSSR count). The highest BCUT2D eigenvalue weighted by Crippen LogP contribution is 2.03. The first-order valence-corrected chi connectivity index (χ1v) is 5.33. The van der Waals surface area contributed by atoms with Crippen molar-refractivity contribution >= 4 is 0 Å². The average molecular weight is 174 g/mol. The molecular weight excluding hydrogens is 144 g/mol. The SMILES string of the molecule is C.CCC.CCCCCCCC. The molecule has 0 aromatic heterocycles. The van der Waals surface area contributed by atoms with Crippen LogP contribution in [0.25, 0.3) is 0 Å². The van der Waals surface area contributed by atoms with Gasteiger partial charge in [-0.15, -0.1) is 0 Å². The van der Waals surface area contributed by atoms with E-state index >= 15 is 0 Å². The van der Waals surface area contributed by atoms with Crippen molar-refractivity contribution in [3.05, 3.63) is 0 Å². The molecule has 0 aromatic rings. The fourth-order valence-electron chi connectivity index (χ4n) is 0.854. The molecule has 0 fully saturated rings. The van der Waals surface area contributed by atoms with E-state index in [4.69, 9.17) is 0 Å². The Kier molecular flexibility index (Phi) is 33.5.